The van der Waals surface area contributed by atoms with Gasteiger partial charge in [-0.15, -0.1) is 0 Å². The number of hydrogen-bond acceptors (Lipinski definition) is 1. The molecule has 13 rings (SSSR count). The lowest BCUT2D eigenvalue weighted by atomic mass is 9.67. The van der Waals surface area contributed by atoms with Gasteiger partial charge in [0.1, 0.15) is 0 Å². The molecule has 0 radical (unpaired) electrons. The number of hydrogen-bond donors (Lipinski definition) is 0. The molecule has 10 aromatic carbocycles. The molecule has 0 bridgehead atoms. The molecule has 0 unspecified atom stereocenters. The fourth-order valence-corrected chi connectivity index (χ4v) is 11.8. The normalized spacial score (nSPS) is 14.0. The quantitative estimate of drug-likeness (QED) is 0.162. The lowest BCUT2D eigenvalue weighted by Gasteiger charge is -2.37. The smallest absolute Gasteiger partial charge is 0.0746 e. The molecule has 294 valence electrons. The Bertz CT molecular complexity index is 3280. The van der Waals surface area contributed by atoms with Gasteiger partial charge in [0.15, 0.2) is 0 Å². The molecule has 0 saturated carbocycles. The number of benzene rings is 10. The van der Waals surface area contributed by atoms with Crippen LogP contribution >= 0.6 is 0 Å². The summed E-state index contributed by atoms with van der Waals surface area (Å²) in [5, 5.41) is 0. The first kappa shape index (κ1) is 35.7. The molecule has 1 nitrogen and oxygen atoms in total. The van der Waals surface area contributed by atoms with Crippen molar-refractivity contribution in [2.75, 3.05) is 4.90 Å². The SMILES string of the molecule is c1ccc(-c2ccc(N(c3ccc4c(c3)C(c3ccccc3)(c3ccccc3)c3ccccc3-4)c3cccc4c3C3(c5ccccc5-c5ccccc53)c3ccccc3-4)cc2)cc1. The zero-order valence-corrected chi connectivity index (χ0v) is 34.6. The summed E-state index contributed by atoms with van der Waals surface area (Å²) >= 11 is 0. The van der Waals surface area contributed by atoms with Crippen LogP contribution in [0.2, 0.25) is 0 Å². The molecule has 0 amide bonds. The van der Waals surface area contributed by atoms with Gasteiger partial charge in [-0.3, -0.25) is 0 Å². The van der Waals surface area contributed by atoms with Gasteiger partial charge in [-0.2, -0.15) is 0 Å². The van der Waals surface area contributed by atoms with Crippen LogP contribution in [-0.2, 0) is 10.8 Å². The maximum Gasteiger partial charge on any atom is 0.0746 e. The first-order chi connectivity index (χ1) is 31.3. The van der Waals surface area contributed by atoms with Gasteiger partial charge in [0, 0.05) is 16.9 Å². The van der Waals surface area contributed by atoms with Crippen LogP contribution < -0.4 is 4.90 Å². The first-order valence-electron chi connectivity index (χ1n) is 22.0. The Kier molecular flexibility index (Phi) is 7.80. The summed E-state index contributed by atoms with van der Waals surface area (Å²) in [6.07, 6.45) is 0. The van der Waals surface area contributed by atoms with Crippen molar-refractivity contribution in [1.82, 2.24) is 0 Å². The summed E-state index contributed by atoms with van der Waals surface area (Å²) < 4.78 is 0. The van der Waals surface area contributed by atoms with E-state index in [0.717, 1.165) is 11.4 Å². The van der Waals surface area contributed by atoms with Crippen LogP contribution in [0.1, 0.15) is 44.5 Å². The van der Waals surface area contributed by atoms with Crippen molar-refractivity contribution in [2.45, 2.75) is 10.8 Å². The molecule has 1 heteroatoms. The second-order valence-electron chi connectivity index (χ2n) is 17.1. The molecule has 10 aromatic rings. The third-order valence-corrected chi connectivity index (χ3v) is 14.2. The van der Waals surface area contributed by atoms with E-state index in [4.69, 9.17) is 0 Å². The summed E-state index contributed by atoms with van der Waals surface area (Å²) in [4.78, 5) is 2.55. The van der Waals surface area contributed by atoms with E-state index >= 15 is 0 Å². The van der Waals surface area contributed by atoms with E-state index in [2.05, 4.69) is 254 Å². The Morgan fingerprint density at radius 1 is 0.254 bits per heavy atom. The number of anilines is 3. The van der Waals surface area contributed by atoms with Gasteiger partial charge in [-0.25, -0.2) is 0 Å². The lowest BCUT2D eigenvalue weighted by molar-refractivity contribution is 0.768. The molecular weight excluding hydrogens is 759 g/mol. The van der Waals surface area contributed by atoms with Crippen molar-refractivity contribution < 1.29 is 0 Å². The summed E-state index contributed by atoms with van der Waals surface area (Å²) in [6.45, 7) is 0. The monoisotopic (exact) mass is 799 g/mol. The van der Waals surface area contributed by atoms with Crippen LogP contribution in [-0.4, -0.2) is 0 Å². The van der Waals surface area contributed by atoms with Crippen molar-refractivity contribution in [3.05, 3.63) is 293 Å². The lowest BCUT2D eigenvalue weighted by Crippen LogP contribution is -2.29. The third kappa shape index (κ3) is 4.88. The minimum atomic E-state index is -0.535. The van der Waals surface area contributed by atoms with Gasteiger partial charge < -0.3 is 4.90 Å². The van der Waals surface area contributed by atoms with Crippen molar-refractivity contribution in [3.8, 4) is 44.5 Å². The van der Waals surface area contributed by atoms with Gasteiger partial charge >= 0.3 is 0 Å². The van der Waals surface area contributed by atoms with E-state index in [0.29, 0.717) is 0 Å². The Labute approximate surface area is 368 Å². The molecule has 0 heterocycles. The molecule has 0 aromatic heterocycles. The van der Waals surface area contributed by atoms with Crippen LogP contribution in [0.3, 0.4) is 0 Å². The number of fused-ring (bicyclic) bond motifs is 13. The van der Waals surface area contributed by atoms with Crippen molar-refractivity contribution in [2.24, 2.45) is 0 Å². The molecule has 3 aliphatic rings. The van der Waals surface area contributed by atoms with Crippen molar-refractivity contribution >= 4 is 17.1 Å². The van der Waals surface area contributed by atoms with Gasteiger partial charge in [-0.1, -0.05) is 218 Å². The average molecular weight is 800 g/mol. The number of nitrogens with zero attached hydrogens (tertiary/aromatic N) is 1. The minimum Gasteiger partial charge on any atom is -0.310 e. The largest absolute Gasteiger partial charge is 0.310 e. The zero-order valence-electron chi connectivity index (χ0n) is 34.6. The summed E-state index contributed by atoms with van der Waals surface area (Å²) in [7, 11) is 0. The van der Waals surface area contributed by atoms with E-state index in [1.807, 2.05) is 0 Å². The predicted octanol–water partition coefficient (Wildman–Crippen LogP) is 15.5. The molecule has 0 aliphatic heterocycles. The Morgan fingerprint density at radius 3 is 1.19 bits per heavy atom. The third-order valence-electron chi connectivity index (χ3n) is 14.2. The second-order valence-corrected chi connectivity index (χ2v) is 17.1. The Hall–Kier alpha value is -8.00. The highest BCUT2D eigenvalue weighted by Crippen LogP contribution is 2.66. The molecule has 3 aliphatic carbocycles. The van der Waals surface area contributed by atoms with Crippen molar-refractivity contribution in [1.29, 1.82) is 0 Å². The van der Waals surface area contributed by atoms with Gasteiger partial charge in [-0.05, 0) is 114 Å². The van der Waals surface area contributed by atoms with Crippen LogP contribution in [0, 0.1) is 0 Å². The molecule has 1 spiro atoms. The Morgan fingerprint density at radius 2 is 0.651 bits per heavy atom. The highest BCUT2D eigenvalue weighted by molar-refractivity contribution is 6.00. The van der Waals surface area contributed by atoms with E-state index in [9.17, 15) is 0 Å². The van der Waals surface area contributed by atoms with Crippen LogP contribution in [0.25, 0.3) is 44.5 Å². The molecule has 0 saturated heterocycles. The van der Waals surface area contributed by atoms with Gasteiger partial charge in [0.25, 0.3) is 0 Å². The second kappa shape index (κ2) is 13.8. The highest BCUT2D eigenvalue weighted by Gasteiger charge is 2.53. The average Bonchev–Trinajstić information content (AvgIpc) is 3.96. The highest BCUT2D eigenvalue weighted by atomic mass is 15.1. The molecular formula is C62H41N. The van der Waals surface area contributed by atoms with Gasteiger partial charge in [0.2, 0.25) is 0 Å². The standard InChI is InChI=1S/C62H41N/c1-4-19-42(20-5-1)43-35-37-46(38-36-43)63(47-39-40-52-50-27-10-14-30-54(50)61(58(52)41-47,44-21-6-2-7-22-44)45-23-8-3-9-24-45)59-34-18-29-53-51-28-13-17-33-57(51)62(60(53)59)55-31-15-11-25-48(55)49-26-12-16-32-56(49)62/h1-41H. The maximum atomic E-state index is 2.55. The van der Waals surface area contributed by atoms with E-state index in [-0.39, 0.29) is 0 Å². The topological polar surface area (TPSA) is 3.24 Å². The zero-order chi connectivity index (χ0) is 41.5. The van der Waals surface area contributed by atoms with Crippen LogP contribution in [0.4, 0.5) is 17.1 Å². The van der Waals surface area contributed by atoms with E-state index in [1.165, 1.54) is 94.7 Å². The molecule has 0 N–H and O–H groups in total. The van der Waals surface area contributed by atoms with Crippen LogP contribution in [0.5, 0.6) is 0 Å². The van der Waals surface area contributed by atoms with E-state index < -0.39 is 10.8 Å². The fraction of sp³-hybridized carbons (Fsp3) is 0.0323. The molecule has 0 atom stereocenters. The van der Waals surface area contributed by atoms with Crippen LogP contribution in [0.15, 0.2) is 249 Å². The predicted molar refractivity (Wildman–Crippen MR) is 260 cm³/mol. The Balaban J connectivity index is 1.12. The minimum absolute atomic E-state index is 0.525. The molecule has 0 fully saturated rings. The van der Waals surface area contributed by atoms with E-state index in [1.54, 1.807) is 0 Å². The van der Waals surface area contributed by atoms with Crippen molar-refractivity contribution in [3.63, 3.8) is 0 Å². The molecule has 63 heavy (non-hydrogen) atoms. The fourth-order valence-electron chi connectivity index (χ4n) is 11.8. The van der Waals surface area contributed by atoms with Gasteiger partial charge in [0.05, 0.1) is 16.5 Å². The summed E-state index contributed by atoms with van der Waals surface area (Å²) in [5.41, 5.74) is 22.9. The maximum absolute atomic E-state index is 2.55. The first-order valence-corrected chi connectivity index (χ1v) is 22.0. The summed E-state index contributed by atoms with van der Waals surface area (Å²) in [5.74, 6) is 0. The summed E-state index contributed by atoms with van der Waals surface area (Å²) in [6, 6.07) is 92.8. The number of rotatable bonds is 6.